The van der Waals surface area contributed by atoms with Crippen LogP contribution in [0.15, 0.2) is 36.7 Å². The highest BCUT2D eigenvalue weighted by molar-refractivity contribution is 5.72. The van der Waals surface area contributed by atoms with Gasteiger partial charge in [0.15, 0.2) is 0 Å². The molecule has 26 heavy (non-hydrogen) atoms. The Morgan fingerprint density at radius 3 is 2.69 bits per heavy atom. The third kappa shape index (κ3) is 4.64. The largest absolute Gasteiger partial charge is 0.466 e. The molecule has 3 rings (SSSR count). The van der Waals surface area contributed by atoms with Gasteiger partial charge in [-0.15, -0.1) is 0 Å². The van der Waals surface area contributed by atoms with Crippen molar-refractivity contribution in [3.8, 4) is 11.1 Å². The van der Waals surface area contributed by atoms with Crippen LogP contribution in [0, 0.1) is 17.6 Å². The summed E-state index contributed by atoms with van der Waals surface area (Å²) < 4.78 is 32.0. The van der Waals surface area contributed by atoms with Crippen molar-refractivity contribution in [2.24, 2.45) is 5.92 Å². The minimum Gasteiger partial charge on any atom is -0.466 e. The highest BCUT2D eigenvalue weighted by Crippen LogP contribution is 2.24. The molecular formula is C20H22F2N2O2. The molecule has 1 aliphatic heterocycles. The number of ether oxygens (including phenoxy) is 1. The summed E-state index contributed by atoms with van der Waals surface area (Å²) in [6, 6.07) is 5.32. The summed E-state index contributed by atoms with van der Waals surface area (Å²) >= 11 is 0. The number of likely N-dealkylation sites (tertiary alicyclic amines) is 1. The Kier molecular flexibility index (Phi) is 5.93. The highest BCUT2D eigenvalue weighted by Gasteiger charge is 2.26. The van der Waals surface area contributed by atoms with Crippen LogP contribution in [0.1, 0.15) is 25.3 Å². The van der Waals surface area contributed by atoms with Crippen molar-refractivity contribution in [2.45, 2.75) is 26.3 Å². The lowest BCUT2D eigenvalue weighted by Gasteiger charge is -2.31. The van der Waals surface area contributed by atoms with Crippen molar-refractivity contribution in [1.29, 1.82) is 0 Å². The van der Waals surface area contributed by atoms with Crippen molar-refractivity contribution in [1.82, 2.24) is 9.88 Å². The molecule has 0 unspecified atom stereocenters. The quantitative estimate of drug-likeness (QED) is 0.761. The predicted molar refractivity (Wildman–Crippen MR) is 94.2 cm³/mol. The smallest absolute Gasteiger partial charge is 0.310 e. The zero-order chi connectivity index (χ0) is 18.5. The molecule has 0 radical (unpaired) electrons. The summed E-state index contributed by atoms with van der Waals surface area (Å²) in [5.74, 6) is -1.46. The Bertz CT molecular complexity index is 762. The second-order valence-corrected chi connectivity index (χ2v) is 6.57. The normalized spacial score (nSPS) is 17.9. The molecule has 0 spiro atoms. The molecule has 0 aliphatic carbocycles. The zero-order valence-corrected chi connectivity index (χ0v) is 14.8. The number of carbonyl (C=O) groups is 1. The molecule has 1 fully saturated rings. The van der Waals surface area contributed by atoms with Crippen LogP contribution in [0.5, 0.6) is 0 Å². The van der Waals surface area contributed by atoms with Gasteiger partial charge in [0.25, 0.3) is 0 Å². The molecule has 0 N–H and O–H groups in total. The van der Waals surface area contributed by atoms with Gasteiger partial charge in [-0.25, -0.2) is 8.78 Å². The third-order valence-corrected chi connectivity index (χ3v) is 4.52. The van der Waals surface area contributed by atoms with Crippen molar-refractivity contribution in [2.75, 3.05) is 19.7 Å². The van der Waals surface area contributed by atoms with Gasteiger partial charge in [0, 0.05) is 37.1 Å². The summed E-state index contributed by atoms with van der Waals surface area (Å²) in [5, 5.41) is 0. The van der Waals surface area contributed by atoms with Gasteiger partial charge >= 0.3 is 5.97 Å². The van der Waals surface area contributed by atoms with E-state index in [0.29, 0.717) is 30.8 Å². The summed E-state index contributed by atoms with van der Waals surface area (Å²) in [7, 11) is 0. The lowest BCUT2D eigenvalue weighted by Crippen LogP contribution is -2.38. The van der Waals surface area contributed by atoms with Gasteiger partial charge in [-0.2, -0.15) is 0 Å². The first kappa shape index (κ1) is 18.5. The molecule has 0 bridgehead atoms. The lowest BCUT2D eigenvalue weighted by atomic mass is 9.97. The number of benzene rings is 1. The molecule has 1 aliphatic rings. The first-order valence-electron chi connectivity index (χ1n) is 8.84. The molecule has 1 aromatic heterocycles. The fourth-order valence-corrected chi connectivity index (χ4v) is 3.36. The van der Waals surface area contributed by atoms with Crippen LogP contribution in [0.4, 0.5) is 8.78 Å². The van der Waals surface area contributed by atoms with E-state index in [-0.39, 0.29) is 11.9 Å². The lowest BCUT2D eigenvalue weighted by molar-refractivity contribution is -0.150. The van der Waals surface area contributed by atoms with Crippen LogP contribution < -0.4 is 0 Å². The molecule has 4 nitrogen and oxygen atoms in total. The van der Waals surface area contributed by atoms with Gasteiger partial charge in [0.05, 0.1) is 12.5 Å². The fraction of sp³-hybridized carbons (Fsp3) is 0.400. The minimum absolute atomic E-state index is 0.0999. The number of pyridine rings is 1. The second kappa shape index (κ2) is 8.36. The van der Waals surface area contributed by atoms with E-state index in [9.17, 15) is 13.6 Å². The Hall–Kier alpha value is -2.34. The van der Waals surface area contributed by atoms with E-state index in [2.05, 4.69) is 9.88 Å². The molecule has 2 aromatic rings. The van der Waals surface area contributed by atoms with Crippen LogP contribution in [-0.2, 0) is 16.1 Å². The third-order valence-electron chi connectivity index (χ3n) is 4.52. The number of esters is 1. The number of aromatic nitrogens is 1. The molecule has 0 amide bonds. The van der Waals surface area contributed by atoms with E-state index < -0.39 is 11.6 Å². The van der Waals surface area contributed by atoms with Gasteiger partial charge in [-0.05, 0) is 55.6 Å². The summed E-state index contributed by atoms with van der Waals surface area (Å²) in [4.78, 5) is 18.4. The number of nitrogens with zero attached hydrogens (tertiary/aromatic N) is 2. The van der Waals surface area contributed by atoms with Gasteiger partial charge in [0.2, 0.25) is 0 Å². The molecule has 0 saturated carbocycles. The Labute approximate surface area is 151 Å². The highest BCUT2D eigenvalue weighted by atomic mass is 19.1. The van der Waals surface area contributed by atoms with Gasteiger partial charge < -0.3 is 4.74 Å². The van der Waals surface area contributed by atoms with Crippen molar-refractivity contribution < 1.29 is 18.3 Å². The molecule has 2 heterocycles. The average Bonchev–Trinajstić information content (AvgIpc) is 2.61. The number of carbonyl (C=O) groups excluding carboxylic acids is 1. The van der Waals surface area contributed by atoms with Crippen molar-refractivity contribution in [3.05, 3.63) is 53.9 Å². The monoisotopic (exact) mass is 360 g/mol. The zero-order valence-electron chi connectivity index (χ0n) is 14.8. The molecule has 1 aromatic carbocycles. The SMILES string of the molecule is CCOC(=O)[C@@H]1CCCN(Cc2cncc(-c3cc(F)cc(F)c3)c2)C1. The van der Waals surface area contributed by atoms with Crippen LogP contribution in [0.3, 0.4) is 0 Å². The van der Waals surface area contributed by atoms with Crippen LogP contribution in [0.25, 0.3) is 11.1 Å². The summed E-state index contributed by atoms with van der Waals surface area (Å²) in [6.07, 6.45) is 5.12. The van der Waals surface area contributed by atoms with E-state index in [1.54, 1.807) is 12.4 Å². The van der Waals surface area contributed by atoms with Crippen molar-refractivity contribution in [3.63, 3.8) is 0 Å². The first-order valence-corrected chi connectivity index (χ1v) is 8.84. The minimum atomic E-state index is -0.612. The van der Waals surface area contributed by atoms with Gasteiger partial charge in [-0.1, -0.05) is 0 Å². The van der Waals surface area contributed by atoms with Crippen LogP contribution in [0.2, 0.25) is 0 Å². The number of hydrogen-bond acceptors (Lipinski definition) is 4. The van der Waals surface area contributed by atoms with Gasteiger partial charge in [0.1, 0.15) is 11.6 Å². The number of hydrogen-bond donors (Lipinski definition) is 0. The summed E-state index contributed by atoms with van der Waals surface area (Å²) in [6.45, 7) is 4.39. The molecular weight excluding hydrogens is 338 g/mol. The van der Waals surface area contributed by atoms with Crippen LogP contribution in [-0.4, -0.2) is 35.5 Å². The maximum absolute atomic E-state index is 13.5. The number of rotatable bonds is 5. The molecule has 1 saturated heterocycles. The number of halogens is 2. The summed E-state index contributed by atoms with van der Waals surface area (Å²) in [5.41, 5.74) is 2.07. The Morgan fingerprint density at radius 1 is 1.19 bits per heavy atom. The second-order valence-electron chi connectivity index (χ2n) is 6.57. The number of piperidine rings is 1. The maximum atomic E-state index is 13.5. The topological polar surface area (TPSA) is 42.4 Å². The van der Waals surface area contributed by atoms with Crippen LogP contribution >= 0.6 is 0 Å². The average molecular weight is 360 g/mol. The molecule has 6 heteroatoms. The predicted octanol–water partition coefficient (Wildman–Crippen LogP) is 3.80. The first-order chi connectivity index (χ1) is 12.5. The van der Waals surface area contributed by atoms with E-state index in [0.717, 1.165) is 31.0 Å². The standard InChI is InChI=1S/C20H22F2N2O2/c1-2-26-20(25)15-4-3-5-24(13-15)12-14-6-17(11-23-10-14)16-7-18(21)9-19(22)8-16/h6-11,15H,2-5,12-13H2,1H3/t15-/m1/s1. The maximum Gasteiger partial charge on any atom is 0.310 e. The molecule has 138 valence electrons. The van der Waals surface area contributed by atoms with Crippen molar-refractivity contribution >= 4 is 5.97 Å². The van der Waals surface area contributed by atoms with E-state index >= 15 is 0 Å². The van der Waals surface area contributed by atoms with E-state index in [4.69, 9.17) is 4.74 Å². The fourth-order valence-electron chi connectivity index (χ4n) is 3.36. The Morgan fingerprint density at radius 2 is 1.96 bits per heavy atom. The molecule has 1 atom stereocenters. The van der Waals surface area contributed by atoms with E-state index in [1.807, 2.05) is 13.0 Å². The Balaban J connectivity index is 1.71. The van der Waals surface area contributed by atoms with Gasteiger partial charge in [-0.3, -0.25) is 14.7 Å². The van der Waals surface area contributed by atoms with E-state index in [1.165, 1.54) is 12.1 Å².